The van der Waals surface area contributed by atoms with Gasteiger partial charge in [0.1, 0.15) is 6.29 Å². The first-order valence-corrected chi connectivity index (χ1v) is 4.69. The predicted octanol–water partition coefficient (Wildman–Crippen LogP) is 1.88. The Hall–Kier alpha value is -0.240. The molecular weight excluding hydrogens is 144 g/mol. The van der Waals surface area contributed by atoms with E-state index in [1.807, 2.05) is 11.8 Å². The predicted molar refractivity (Wildman–Crippen MR) is 45.3 cm³/mol. The fourth-order valence-electron chi connectivity index (χ4n) is 1.16. The quantitative estimate of drug-likeness (QED) is 0.458. The highest BCUT2D eigenvalue weighted by atomic mass is 32.2. The van der Waals surface area contributed by atoms with Crippen LogP contribution in [0.3, 0.4) is 0 Å². The molecular formula is C8H12OS. The van der Waals surface area contributed by atoms with Crippen LogP contribution in [-0.2, 0) is 4.79 Å². The topological polar surface area (TPSA) is 17.1 Å². The van der Waals surface area contributed by atoms with Gasteiger partial charge in [-0.25, -0.2) is 0 Å². The molecule has 0 bridgehead atoms. The Morgan fingerprint density at radius 1 is 1.80 bits per heavy atom. The molecule has 1 nitrogen and oxygen atoms in total. The molecule has 0 aromatic carbocycles. The van der Waals surface area contributed by atoms with Crippen molar-refractivity contribution in [1.29, 1.82) is 0 Å². The standard InChI is InChI=1S/C8H12OS/c1-7(5-9)4-8-2-3-10-6-8/h5,8H,1-4,6H2. The summed E-state index contributed by atoms with van der Waals surface area (Å²) >= 11 is 1.98. The normalized spacial score (nSPS) is 24.6. The van der Waals surface area contributed by atoms with Crippen molar-refractivity contribution in [2.45, 2.75) is 12.8 Å². The molecule has 1 atom stereocenters. The van der Waals surface area contributed by atoms with E-state index in [0.29, 0.717) is 0 Å². The highest BCUT2D eigenvalue weighted by Crippen LogP contribution is 2.27. The van der Waals surface area contributed by atoms with Crippen LogP contribution < -0.4 is 0 Å². The van der Waals surface area contributed by atoms with Gasteiger partial charge >= 0.3 is 0 Å². The lowest BCUT2D eigenvalue weighted by molar-refractivity contribution is -0.105. The Bertz CT molecular complexity index is 136. The monoisotopic (exact) mass is 156 g/mol. The van der Waals surface area contributed by atoms with Gasteiger partial charge in [0.2, 0.25) is 0 Å². The van der Waals surface area contributed by atoms with Gasteiger partial charge < -0.3 is 0 Å². The Labute approximate surface area is 65.9 Å². The van der Waals surface area contributed by atoms with E-state index in [0.717, 1.165) is 24.2 Å². The van der Waals surface area contributed by atoms with Crippen LogP contribution in [-0.4, -0.2) is 17.8 Å². The lowest BCUT2D eigenvalue weighted by atomic mass is 10.0. The SMILES string of the molecule is C=C(C=O)CC1CCSC1. The van der Waals surface area contributed by atoms with E-state index >= 15 is 0 Å². The first kappa shape index (κ1) is 7.86. The highest BCUT2D eigenvalue weighted by molar-refractivity contribution is 7.99. The molecule has 0 aromatic heterocycles. The van der Waals surface area contributed by atoms with Crippen LogP contribution >= 0.6 is 11.8 Å². The van der Waals surface area contributed by atoms with Crippen molar-refractivity contribution < 1.29 is 4.79 Å². The van der Waals surface area contributed by atoms with Crippen LogP contribution in [0.5, 0.6) is 0 Å². The van der Waals surface area contributed by atoms with Crippen molar-refractivity contribution in [2.24, 2.45) is 5.92 Å². The van der Waals surface area contributed by atoms with Crippen molar-refractivity contribution in [2.75, 3.05) is 11.5 Å². The molecule has 1 fully saturated rings. The third kappa shape index (κ3) is 2.18. The van der Waals surface area contributed by atoms with Gasteiger partial charge in [0, 0.05) is 0 Å². The Kier molecular flexibility index (Phi) is 3.00. The third-order valence-electron chi connectivity index (χ3n) is 1.74. The van der Waals surface area contributed by atoms with E-state index in [9.17, 15) is 4.79 Å². The Balaban J connectivity index is 2.23. The molecule has 10 heavy (non-hydrogen) atoms. The van der Waals surface area contributed by atoms with Gasteiger partial charge in [-0.3, -0.25) is 4.79 Å². The zero-order valence-electron chi connectivity index (χ0n) is 6.01. The van der Waals surface area contributed by atoms with E-state index in [1.54, 1.807) is 0 Å². The number of rotatable bonds is 3. The number of aldehydes is 1. The van der Waals surface area contributed by atoms with Crippen molar-refractivity contribution >= 4 is 18.0 Å². The Morgan fingerprint density at radius 3 is 3.10 bits per heavy atom. The largest absolute Gasteiger partial charge is 0.298 e. The number of carbonyl (C=O) groups excluding carboxylic acids is 1. The molecule has 0 radical (unpaired) electrons. The van der Waals surface area contributed by atoms with E-state index in [4.69, 9.17) is 0 Å². The van der Waals surface area contributed by atoms with Crippen molar-refractivity contribution in [3.63, 3.8) is 0 Å². The maximum absolute atomic E-state index is 10.2. The average molecular weight is 156 g/mol. The summed E-state index contributed by atoms with van der Waals surface area (Å²) in [5, 5.41) is 0. The average Bonchev–Trinajstić information content (AvgIpc) is 2.40. The van der Waals surface area contributed by atoms with Gasteiger partial charge in [-0.1, -0.05) is 6.58 Å². The van der Waals surface area contributed by atoms with Gasteiger partial charge in [0.05, 0.1) is 0 Å². The van der Waals surface area contributed by atoms with Crippen LogP contribution in [0.1, 0.15) is 12.8 Å². The molecule has 2 heteroatoms. The lowest BCUT2D eigenvalue weighted by Crippen LogP contribution is -1.99. The van der Waals surface area contributed by atoms with Gasteiger partial charge in [0.15, 0.2) is 0 Å². The summed E-state index contributed by atoms with van der Waals surface area (Å²) in [4.78, 5) is 10.2. The van der Waals surface area contributed by atoms with Gasteiger partial charge in [-0.2, -0.15) is 11.8 Å². The fourth-order valence-corrected chi connectivity index (χ4v) is 2.45. The smallest absolute Gasteiger partial charge is 0.145 e. The zero-order valence-corrected chi connectivity index (χ0v) is 6.82. The van der Waals surface area contributed by atoms with Crippen molar-refractivity contribution in [1.82, 2.24) is 0 Å². The molecule has 56 valence electrons. The summed E-state index contributed by atoms with van der Waals surface area (Å²) in [6.07, 6.45) is 3.05. The number of carbonyl (C=O) groups is 1. The molecule has 0 aliphatic carbocycles. The first-order chi connectivity index (χ1) is 4.83. The lowest BCUT2D eigenvalue weighted by Gasteiger charge is -2.04. The summed E-state index contributed by atoms with van der Waals surface area (Å²) in [7, 11) is 0. The molecule has 1 unspecified atom stereocenters. The molecule has 1 aliphatic heterocycles. The third-order valence-corrected chi connectivity index (χ3v) is 2.97. The maximum Gasteiger partial charge on any atom is 0.145 e. The highest BCUT2D eigenvalue weighted by Gasteiger charge is 2.15. The minimum Gasteiger partial charge on any atom is -0.298 e. The minimum atomic E-state index is 0.725. The number of thioether (sulfide) groups is 1. The second-order valence-corrected chi connectivity index (χ2v) is 3.86. The molecule has 0 amide bonds. The molecule has 0 spiro atoms. The summed E-state index contributed by atoms with van der Waals surface area (Å²) in [5.41, 5.74) is 0.757. The van der Waals surface area contributed by atoms with Gasteiger partial charge in [-0.15, -0.1) is 0 Å². The van der Waals surface area contributed by atoms with Crippen LogP contribution in [0.4, 0.5) is 0 Å². The number of allylic oxidation sites excluding steroid dienone is 1. The molecule has 0 aromatic rings. The zero-order chi connectivity index (χ0) is 7.40. The summed E-state index contributed by atoms with van der Waals surface area (Å²) in [6, 6.07) is 0. The minimum absolute atomic E-state index is 0.725. The number of hydrogen-bond donors (Lipinski definition) is 0. The molecule has 1 saturated heterocycles. The molecule has 1 aliphatic rings. The van der Waals surface area contributed by atoms with E-state index in [-0.39, 0.29) is 0 Å². The number of hydrogen-bond acceptors (Lipinski definition) is 2. The van der Waals surface area contributed by atoms with Crippen LogP contribution in [0.15, 0.2) is 12.2 Å². The van der Waals surface area contributed by atoms with Crippen LogP contribution in [0.2, 0.25) is 0 Å². The van der Waals surface area contributed by atoms with Crippen molar-refractivity contribution in [3.8, 4) is 0 Å². The molecule has 1 rings (SSSR count). The summed E-state index contributed by atoms with van der Waals surface area (Å²) in [6.45, 7) is 3.66. The van der Waals surface area contributed by atoms with Crippen molar-refractivity contribution in [3.05, 3.63) is 12.2 Å². The summed E-state index contributed by atoms with van der Waals surface area (Å²) in [5.74, 6) is 3.20. The molecule has 1 heterocycles. The van der Waals surface area contributed by atoms with E-state index in [1.165, 1.54) is 17.9 Å². The van der Waals surface area contributed by atoms with Gasteiger partial charge in [0.25, 0.3) is 0 Å². The maximum atomic E-state index is 10.2. The second-order valence-electron chi connectivity index (χ2n) is 2.71. The molecule has 0 N–H and O–H groups in total. The van der Waals surface area contributed by atoms with Crippen LogP contribution in [0.25, 0.3) is 0 Å². The van der Waals surface area contributed by atoms with Gasteiger partial charge in [-0.05, 0) is 35.8 Å². The summed E-state index contributed by atoms with van der Waals surface area (Å²) < 4.78 is 0. The van der Waals surface area contributed by atoms with Crippen LogP contribution in [0, 0.1) is 5.92 Å². The Morgan fingerprint density at radius 2 is 2.60 bits per heavy atom. The fraction of sp³-hybridized carbons (Fsp3) is 0.625. The first-order valence-electron chi connectivity index (χ1n) is 3.53. The second kappa shape index (κ2) is 3.81. The molecule has 0 saturated carbocycles. The van der Waals surface area contributed by atoms with E-state index in [2.05, 4.69) is 6.58 Å². The van der Waals surface area contributed by atoms with E-state index < -0.39 is 0 Å².